The summed E-state index contributed by atoms with van der Waals surface area (Å²) >= 11 is 0. The molecule has 0 fully saturated rings. The second-order valence-corrected chi connectivity index (χ2v) is 6.28. The van der Waals surface area contributed by atoms with Gasteiger partial charge in [0.1, 0.15) is 0 Å². The van der Waals surface area contributed by atoms with E-state index in [9.17, 15) is 17.9 Å². The number of hydrogen-bond acceptors (Lipinski definition) is 5. The number of rotatable bonds is 5. The van der Waals surface area contributed by atoms with Crippen LogP contribution in [0.15, 0.2) is 30.6 Å². The van der Waals surface area contributed by atoms with Crippen LogP contribution in [-0.2, 0) is 18.7 Å². The molecule has 7 nitrogen and oxygen atoms in total. The molecule has 0 aliphatic rings. The van der Waals surface area contributed by atoms with E-state index in [1.165, 1.54) is 17.0 Å². The SMILES string of the molecule is CCC([n+]1ccccc1)S(=O)(=O)OP(=O)([O-])O. The summed E-state index contributed by atoms with van der Waals surface area (Å²) in [6, 6.07) is 4.86. The van der Waals surface area contributed by atoms with Crippen molar-refractivity contribution in [1.82, 2.24) is 0 Å². The fourth-order valence-corrected chi connectivity index (χ4v) is 3.64. The highest BCUT2D eigenvalue weighted by molar-refractivity contribution is 7.90. The number of pyridine rings is 1. The molecule has 0 saturated carbocycles. The van der Waals surface area contributed by atoms with Crippen molar-refractivity contribution in [3.8, 4) is 0 Å². The van der Waals surface area contributed by atoms with E-state index in [4.69, 9.17) is 4.89 Å². The zero-order valence-electron chi connectivity index (χ0n) is 8.96. The highest BCUT2D eigenvalue weighted by atomic mass is 32.2. The molecule has 9 heteroatoms. The van der Waals surface area contributed by atoms with Gasteiger partial charge in [-0.1, -0.05) is 13.0 Å². The molecule has 1 aromatic rings. The van der Waals surface area contributed by atoms with Gasteiger partial charge in [-0.2, -0.15) is 17.0 Å². The van der Waals surface area contributed by atoms with Crippen molar-refractivity contribution in [3.05, 3.63) is 30.6 Å². The second-order valence-electron chi connectivity index (χ2n) is 3.22. The maximum Gasteiger partial charge on any atom is 0.338 e. The van der Waals surface area contributed by atoms with E-state index in [1.54, 1.807) is 25.1 Å². The zero-order valence-corrected chi connectivity index (χ0v) is 10.7. The third kappa shape index (κ3) is 4.18. The average molecular weight is 281 g/mol. The molecule has 0 radical (unpaired) electrons. The summed E-state index contributed by atoms with van der Waals surface area (Å²) < 4.78 is 38.7. The minimum absolute atomic E-state index is 0.0943. The van der Waals surface area contributed by atoms with Gasteiger partial charge in [0.05, 0.1) is 0 Å². The van der Waals surface area contributed by atoms with E-state index >= 15 is 0 Å². The number of nitrogens with zero attached hydrogens (tertiary/aromatic N) is 1. The van der Waals surface area contributed by atoms with E-state index in [0.29, 0.717) is 0 Å². The predicted molar refractivity (Wildman–Crippen MR) is 55.8 cm³/mol. The van der Waals surface area contributed by atoms with Crippen LogP contribution in [0, 0.1) is 0 Å². The van der Waals surface area contributed by atoms with Crippen LogP contribution in [0.3, 0.4) is 0 Å². The van der Waals surface area contributed by atoms with Gasteiger partial charge in [0.25, 0.3) is 13.2 Å². The molecule has 0 saturated heterocycles. The fraction of sp³-hybridized carbons (Fsp3) is 0.375. The van der Waals surface area contributed by atoms with Crippen LogP contribution in [0.4, 0.5) is 0 Å². The Bertz CT molecular complexity index is 510. The standard InChI is InChI=1S/C8H12NO6PS/c1-2-8(9-6-4-3-5-7-9)17(13,14)15-16(10,11)12/h3-8H,2H2,1H3,(H-,10,11,12). The van der Waals surface area contributed by atoms with Crippen LogP contribution in [0.2, 0.25) is 0 Å². The lowest BCUT2D eigenvalue weighted by molar-refractivity contribution is -0.702. The van der Waals surface area contributed by atoms with E-state index in [2.05, 4.69) is 3.97 Å². The van der Waals surface area contributed by atoms with Crippen molar-refractivity contribution in [2.24, 2.45) is 0 Å². The third-order valence-corrected chi connectivity index (χ3v) is 4.78. The topological polar surface area (TPSA) is 108 Å². The third-order valence-electron chi connectivity index (χ3n) is 1.95. The van der Waals surface area contributed by atoms with Crippen molar-refractivity contribution in [2.45, 2.75) is 18.7 Å². The van der Waals surface area contributed by atoms with Gasteiger partial charge in [-0.15, -0.1) is 0 Å². The van der Waals surface area contributed by atoms with Gasteiger partial charge >= 0.3 is 10.1 Å². The van der Waals surface area contributed by atoms with Gasteiger partial charge in [0.15, 0.2) is 12.4 Å². The Balaban J connectivity index is 3.08. The quantitative estimate of drug-likeness (QED) is 0.586. The Kier molecular flexibility index (Phi) is 4.40. The first-order chi connectivity index (χ1) is 7.76. The molecule has 2 atom stereocenters. The summed E-state index contributed by atoms with van der Waals surface area (Å²) in [5.41, 5.74) is 0. The Morgan fingerprint density at radius 1 is 1.41 bits per heavy atom. The first-order valence-electron chi connectivity index (χ1n) is 4.71. The smallest absolute Gasteiger partial charge is 0.338 e. The molecule has 0 aliphatic heterocycles. The lowest BCUT2D eigenvalue weighted by atomic mass is 10.4. The van der Waals surface area contributed by atoms with Gasteiger partial charge in [0.2, 0.25) is 0 Å². The van der Waals surface area contributed by atoms with Crippen molar-refractivity contribution < 1.29 is 31.3 Å². The number of hydrogen-bond donors (Lipinski definition) is 1. The predicted octanol–water partition coefficient (Wildman–Crippen LogP) is -0.310. The first kappa shape index (κ1) is 14.3. The average Bonchev–Trinajstić information content (AvgIpc) is 2.15. The molecule has 0 amide bonds. The zero-order chi connectivity index (χ0) is 13.1. The Morgan fingerprint density at radius 2 is 1.94 bits per heavy atom. The van der Waals surface area contributed by atoms with Crippen LogP contribution in [0.25, 0.3) is 0 Å². The Hall–Kier alpha value is -0.790. The second kappa shape index (κ2) is 5.24. The van der Waals surface area contributed by atoms with Crippen molar-refractivity contribution in [1.29, 1.82) is 0 Å². The Morgan fingerprint density at radius 3 is 2.35 bits per heavy atom. The maximum absolute atomic E-state index is 11.6. The fourth-order valence-electron chi connectivity index (χ4n) is 1.35. The van der Waals surface area contributed by atoms with Crippen LogP contribution in [0.5, 0.6) is 0 Å². The highest BCUT2D eigenvalue weighted by Crippen LogP contribution is 2.36. The van der Waals surface area contributed by atoms with Crippen LogP contribution >= 0.6 is 7.82 Å². The monoisotopic (exact) mass is 281 g/mol. The van der Waals surface area contributed by atoms with Gasteiger partial charge in [-0.25, -0.2) is 0 Å². The molecular formula is C8H12NO6PS. The summed E-state index contributed by atoms with van der Waals surface area (Å²) in [6.45, 7) is 1.55. The summed E-state index contributed by atoms with van der Waals surface area (Å²) in [5, 5.41) is -1.21. The van der Waals surface area contributed by atoms with E-state index in [1.807, 2.05) is 0 Å². The molecule has 0 aliphatic carbocycles. The van der Waals surface area contributed by atoms with Gasteiger partial charge in [-0.3, -0.25) is 4.57 Å². The number of aromatic nitrogens is 1. The number of phosphoric acid groups is 1. The van der Waals surface area contributed by atoms with E-state index < -0.39 is 23.3 Å². The highest BCUT2D eigenvalue weighted by Gasteiger charge is 2.35. The van der Waals surface area contributed by atoms with E-state index in [-0.39, 0.29) is 6.42 Å². The molecule has 96 valence electrons. The van der Waals surface area contributed by atoms with Gasteiger partial charge < -0.3 is 9.79 Å². The molecule has 0 spiro atoms. The minimum Gasteiger partial charge on any atom is -0.756 e. The normalized spacial score (nSPS) is 17.4. The van der Waals surface area contributed by atoms with Gasteiger partial charge in [0, 0.05) is 18.6 Å². The van der Waals surface area contributed by atoms with Crippen LogP contribution in [-0.4, -0.2) is 13.3 Å². The summed E-state index contributed by atoms with van der Waals surface area (Å²) in [5.74, 6) is 0. The maximum atomic E-state index is 11.6. The van der Waals surface area contributed by atoms with Crippen molar-refractivity contribution in [2.75, 3.05) is 0 Å². The lowest BCUT2D eigenvalue weighted by Crippen LogP contribution is -2.43. The molecular weight excluding hydrogens is 269 g/mol. The summed E-state index contributed by atoms with van der Waals surface area (Å²) in [7, 11) is -9.77. The molecule has 1 heterocycles. The summed E-state index contributed by atoms with van der Waals surface area (Å²) in [4.78, 5) is 18.9. The largest absolute Gasteiger partial charge is 0.756 e. The summed E-state index contributed by atoms with van der Waals surface area (Å²) in [6.07, 6.45) is 3.02. The first-order valence-corrected chi connectivity index (χ1v) is 7.67. The minimum atomic E-state index is -5.33. The Labute approximate surface area is 99.0 Å². The molecule has 1 aromatic heterocycles. The molecule has 1 N–H and O–H groups in total. The molecule has 17 heavy (non-hydrogen) atoms. The van der Waals surface area contributed by atoms with E-state index in [0.717, 1.165) is 0 Å². The molecule has 0 bridgehead atoms. The molecule has 2 unspecified atom stereocenters. The molecule has 0 aromatic carbocycles. The van der Waals surface area contributed by atoms with Crippen molar-refractivity contribution in [3.63, 3.8) is 0 Å². The molecule has 1 rings (SSSR count). The van der Waals surface area contributed by atoms with Crippen LogP contribution < -0.4 is 9.46 Å². The van der Waals surface area contributed by atoms with Crippen LogP contribution in [0.1, 0.15) is 18.7 Å². The van der Waals surface area contributed by atoms with Crippen molar-refractivity contribution >= 4 is 17.9 Å². The van der Waals surface area contributed by atoms with Gasteiger partial charge in [-0.05, 0) is 0 Å². The lowest BCUT2D eigenvalue weighted by Gasteiger charge is -2.17.